The molecule has 1 aromatic carbocycles. The minimum atomic E-state index is -0.957. The average molecular weight is 435 g/mol. The van der Waals surface area contributed by atoms with Crippen molar-refractivity contribution in [3.63, 3.8) is 0 Å². The minimum absolute atomic E-state index is 0.0438. The van der Waals surface area contributed by atoms with Gasteiger partial charge in [0.05, 0.1) is 6.20 Å². The van der Waals surface area contributed by atoms with Crippen molar-refractivity contribution < 1.29 is 14.0 Å². The van der Waals surface area contributed by atoms with Gasteiger partial charge in [-0.15, -0.1) is 0 Å². The maximum Gasteiger partial charge on any atom is 0.296 e. The van der Waals surface area contributed by atoms with Gasteiger partial charge in [0.1, 0.15) is 6.04 Å². The molecular formula is C25H30N4O3. The lowest BCUT2D eigenvalue weighted by Gasteiger charge is -2.33. The molecule has 2 aromatic heterocycles. The maximum absolute atomic E-state index is 13.6. The van der Waals surface area contributed by atoms with Crippen molar-refractivity contribution in [2.75, 3.05) is 4.90 Å². The lowest BCUT2D eigenvalue weighted by Crippen LogP contribution is -2.49. The lowest BCUT2D eigenvalue weighted by molar-refractivity contribution is -0.123. The van der Waals surface area contributed by atoms with Crippen LogP contribution in [0.4, 0.5) is 5.69 Å². The molecule has 2 heterocycles. The Labute approximate surface area is 188 Å². The van der Waals surface area contributed by atoms with E-state index >= 15 is 0 Å². The number of nitrogens with zero attached hydrogens (tertiary/aromatic N) is 3. The highest BCUT2D eigenvalue weighted by atomic mass is 16.3. The fraction of sp³-hybridized carbons (Fsp3) is 0.360. The van der Waals surface area contributed by atoms with Gasteiger partial charge in [-0.05, 0) is 49.9 Å². The first-order valence-corrected chi connectivity index (χ1v) is 10.5. The summed E-state index contributed by atoms with van der Waals surface area (Å²) in [6, 6.07) is 10.2. The number of amides is 2. The molecule has 0 aliphatic heterocycles. The van der Waals surface area contributed by atoms with Gasteiger partial charge in [0.25, 0.3) is 5.91 Å². The number of hydrogen-bond acceptors (Lipinski definition) is 5. The number of rotatable bonds is 5. The van der Waals surface area contributed by atoms with Crippen molar-refractivity contribution in [3.8, 4) is 0 Å². The van der Waals surface area contributed by atoms with Crippen LogP contribution in [0.1, 0.15) is 69.3 Å². The Hall–Kier alpha value is -3.48. The summed E-state index contributed by atoms with van der Waals surface area (Å²) in [5.74, 6) is -0.746. The van der Waals surface area contributed by atoms with Gasteiger partial charge in [0.15, 0.2) is 6.39 Å². The molecule has 1 atom stereocenters. The zero-order valence-corrected chi connectivity index (χ0v) is 19.4. The van der Waals surface area contributed by atoms with Crippen LogP contribution >= 0.6 is 0 Å². The van der Waals surface area contributed by atoms with E-state index in [4.69, 9.17) is 4.42 Å². The normalized spacial score (nSPS) is 12.8. The van der Waals surface area contributed by atoms with Crippen molar-refractivity contribution in [1.29, 1.82) is 0 Å². The molecule has 0 saturated carbocycles. The van der Waals surface area contributed by atoms with E-state index in [0.29, 0.717) is 11.3 Å². The Bertz CT molecular complexity index is 1050. The summed E-state index contributed by atoms with van der Waals surface area (Å²) >= 11 is 0. The van der Waals surface area contributed by atoms with E-state index in [0.717, 1.165) is 5.56 Å². The third kappa shape index (κ3) is 5.41. The van der Waals surface area contributed by atoms with Gasteiger partial charge in [0, 0.05) is 29.2 Å². The molecule has 3 rings (SSSR count). The third-order valence-electron chi connectivity index (χ3n) is 4.88. The number of aromatic nitrogens is 2. The molecule has 0 spiro atoms. The first kappa shape index (κ1) is 23.2. The van der Waals surface area contributed by atoms with E-state index < -0.39 is 17.5 Å². The molecule has 0 aliphatic rings. The fourth-order valence-corrected chi connectivity index (χ4v) is 3.34. The minimum Gasteiger partial charge on any atom is -0.438 e. The first-order chi connectivity index (χ1) is 15.0. The average Bonchev–Trinajstić information content (AvgIpc) is 3.25. The second-order valence-electron chi connectivity index (χ2n) is 9.77. The molecule has 32 heavy (non-hydrogen) atoms. The SMILES string of the molecule is CC(C)(C)NC(=O)C(c1cccnc1)N(C(=O)c1cnco1)c1ccc(C(C)(C)C)cc1. The number of nitrogens with one attached hydrogen (secondary N) is 1. The van der Waals surface area contributed by atoms with E-state index in [9.17, 15) is 9.59 Å². The lowest BCUT2D eigenvalue weighted by atomic mass is 9.87. The molecular weight excluding hydrogens is 404 g/mol. The monoisotopic (exact) mass is 434 g/mol. The highest BCUT2D eigenvalue weighted by molar-refractivity contribution is 6.08. The van der Waals surface area contributed by atoms with Gasteiger partial charge >= 0.3 is 0 Å². The molecule has 168 valence electrons. The molecule has 3 aromatic rings. The fourth-order valence-electron chi connectivity index (χ4n) is 3.34. The highest BCUT2D eigenvalue weighted by Gasteiger charge is 2.36. The zero-order valence-electron chi connectivity index (χ0n) is 19.4. The van der Waals surface area contributed by atoms with Crippen LogP contribution in [0.5, 0.6) is 0 Å². The Morgan fingerprint density at radius 2 is 1.66 bits per heavy atom. The first-order valence-electron chi connectivity index (χ1n) is 10.5. The van der Waals surface area contributed by atoms with Crippen LogP contribution in [0, 0.1) is 0 Å². The van der Waals surface area contributed by atoms with Crippen LogP contribution in [0.15, 0.2) is 65.8 Å². The third-order valence-corrected chi connectivity index (χ3v) is 4.88. The number of oxazole rings is 1. The Morgan fingerprint density at radius 1 is 0.969 bits per heavy atom. The predicted molar refractivity (Wildman–Crippen MR) is 123 cm³/mol. The van der Waals surface area contributed by atoms with Crippen molar-refractivity contribution in [1.82, 2.24) is 15.3 Å². The summed E-state index contributed by atoms with van der Waals surface area (Å²) in [5.41, 5.74) is 1.73. The number of carbonyl (C=O) groups excluding carboxylic acids is 2. The van der Waals surface area contributed by atoms with E-state index in [2.05, 4.69) is 36.1 Å². The van der Waals surface area contributed by atoms with Gasteiger partial charge in [-0.3, -0.25) is 19.5 Å². The molecule has 0 aliphatic carbocycles. The largest absolute Gasteiger partial charge is 0.438 e. The van der Waals surface area contributed by atoms with Crippen LogP contribution in [-0.2, 0) is 10.2 Å². The van der Waals surface area contributed by atoms with E-state index in [1.54, 1.807) is 24.5 Å². The maximum atomic E-state index is 13.6. The molecule has 1 unspecified atom stereocenters. The number of hydrogen-bond donors (Lipinski definition) is 1. The van der Waals surface area contributed by atoms with Gasteiger partial charge in [-0.1, -0.05) is 39.0 Å². The summed E-state index contributed by atoms with van der Waals surface area (Å²) < 4.78 is 5.29. The van der Waals surface area contributed by atoms with Gasteiger partial charge < -0.3 is 9.73 Å². The van der Waals surface area contributed by atoms with Crippen molar-refractivity contribution in [3.05, 3.63) is 78.3 Å². The van der Waals surface area contributed by atoms with Crippen LogP contribution in [0.3, 0.4) is 0 Å². The summed E-state index contributed by atoms with van der Waals surface area (Å²) in [4.78, 5) is 36.5. The van der Waals surface area contributed by atoms with Crippen LogP contribution < -0.4 is 10.2 Å². The molecule has 0 radical (unpaired) electrons. The van der Waals surface area contributed by atoms with E-state index in [-0.39, 0.29) is 17.1 Å². The predicted octanol–water partition coefficient (Wildman–Crippen LogP) is 4.67. The Balaban J connectivity index is 2.15. The summed E-state index contributed by atoms with van der Waals surface area (Å²) in [7, 11) is 0. The summed E-state index contributed by atoms with van der Waals surface area (Å²) in [5, 5.41) is 3.00. The summed E-state index contributed by atoms with van der Waals surface area (Å²) in [6.07, 6.45) is 5.77. The van der Waals surface area contributed by atoms with Crippen molar-refractivity contribution in [2.45, 2.75) is 58.5 Å². The van der Waals surface area contributed by atoms with Crippen molar-refractivity contribution in [2.24, 2.45) is 0 Å². The molecule has 7 nitrogen and oxygen atoms in total. The molecule has 0 saturated heterocycles. The Kier molecular flexibility index (Phi) is 6.48. The second kappa shape index (κ2) is 8.94. The summed E-state index contributed by atoms with van der Waals surface area (Å²) in [6.45, 7) is 12.0. The zero-order chi connectivity index (χ0) is 23.5. The Morgan fingerprint density at radius 3 is 2.16 bits per heavy atom. The molecule has 7 heteroatoms. The van der Waals surface area contributed by atoms with E-state index in [1.165, 1.54) is 17.5 Å². The van der Waals surface area contributed by atoms with Crippen LogP contribution in [0.25, 0.3) is 0 Å². The van der Waals surface area contributed by atoms with Crippen molar-refractivity contribution >= 4 is 17.5 Å². The van der Waals surface area contributed by atoms with Crippen LogP contribution in [-0.4, -0.2) is 27.3 Å². The molecule has 1 N–H and O–H groups in total. The highest BCUT2D eigenvalue weighted by Crippen LogP contribution is 2.32. The van der Waals surface area contributed by atoms with Gasteiger partial charge in [0.2, 0.25) is 11.7 Å². The second-order valence-corrected chi connectivity index (χ2v) is 9.77. The molecule has 0 fully saturated rings. The number of benzene rings is 1. The number of anilines is 1. The number of pyridine rings is 1. The van der Waals surface area contributed by atoms with Crippen LogP contribution in [0.2, 0.25) is 0 Å². The number of carbonyl (C=O) groups is 2. The smallest absolute Gasteiger partial charge is 0.296 e. The topological polar surface area (TPSA) is 88.3 Å². The van der Waals surface area contributed by atoms with E-state index in [1.807, 2.05) is 45.0 Å². The van der Waals surface area contributed by atoms with Gasteiger partial charge in [-0.25, -0.2) is 4.98 Å². The molecule has 0 bridgehead atoms. The standard InChI is InChI=1S/C25H30N4O3/c1-24(2,3)18-9-11-19(12-10-18)29(23(31)20-15-27-16-32-20)21(17-8-7-13-26-14-17)22(30)28-25(4,5)6/h7-16,21H,1-6H3,(H,28,30). The quantitative estimate of drug-likeness (QED) is 0.630. The molecule has 2 amide bonds. The van der Waals surface area contributed by atoms with Gasteiger partial charge in [-0.2, -0.15) is 0 Å².